The van der Waals surface area contributed by atoms with Gasteiger partial charge in [0.25, 0.3) is 0 Å². The maximum Gasteiger partial charge on any atom is 0.416 e. The highest BCUT2D eigenvalue weighted by Gasteiger charge is 2.30. The number of methoxy groups -OCH3 is 2. The highest BCUT2D eigenvalue weighted by molar-refractivity contribution is 5.78. The van der Waals surface area contributed by atoms with Gasteiger partial charge in [0.15, 0.2) is 11.5 Å². The fourth-order valence-corrected chi connectivity index (χ4v) is 3.80. The van der Waals surface area contributed by atoms with Crippen LogP contribution in [0.25, 0.3) is 0 Å². The number of alkyl halides is 3. The van der Waals surface area contributed by atoms with E-state index >= 15 is 0 Å². The van der Waals surface area contributed by atoms with Gasteiger partial charge in [0.2, 0.25) is 5.91 Å². The molecule has 0 N–H and O–H groups in total. The van der Waals surface area contributed by atoms with Crippen molar-refractivity contribution >= 4 is 5.91 Å². The van der Waals surface area contributed by atoms with E-state index in [2.05, 4.69) is 6.92 Å². The molecule has 0 saturated heterocycles. The molecular weight excluding hydrogens is 431 g/mol. The van der Waals surface area contributed by atoms with E-state index in [0.29, 0.717) is 30.0 Å². The summed E-state index contributed by atoms with van der Waals surface area (Å²) in [7, 11) is 3.14. The van der Waals surface area contributed by atoms with Gasteiger partial charge in [-0.2, -0.15) is 13.2 Å². The molecule has 0 aliphatic rings. The van der Waals surface area contributed by atoms with E-state index in [1.54, 1.807) is 19.1 Å². The molecule has 0 aliphatic heterocycles. The zero-order valence-electron chi connectivity index (χ0n) is 19.9. The maximum atomic E-state index is 13.4. The minimum Gasteiger partial charge on any atom is -0.493 e. The minimum absolute atomic E-state index is 0.0475. The first kappa shape index (κ1) is 26.6. The predicted molar refractivity (Wildman–Crippen MR) is 123 cm³/mol. The van der Waals surface area contributed by atoms with Crippen molar-refractivity contribution in [2.75, 3.05) is 20.8 Å². The number of ether oxygens (including phenoxy) is 2. The standard InChI is InChI=1S/C26H34F3NO3/c1-5-7-8-21(6-2)25(31)30(18-20-9-12-22(13-10-20)26(27,28)29)16-15-19-11-14-23(32-3)24(17-19)33-4/h9-14,17,21H,5-8,15-16,18H2,1-4H3. The summed E-state index contributed by atoms with van der Waals surface area (Å²) in [5, 5.41) is 0. The molecule has 0 spiro atoms. The van der Waals surface area contributed by atoms with E-state index in [4.69, 9.17) is 9.47 Å². The SMILES string of the molecule is CCCCC(CC)C(=O)N(CCc1ccc(OC)c(OC)c1)Cc1ccc(C(F)(F)F)cc1. The summed E-state index contributed by atoms with van der Waals surface area (Å²) >= 11 is 0. The lowest BCUT2D eigenvalue weighted by Gasteiger charge is -2.27. The van der Waals surface area contributed by atoms with E-state index in [9.17, 15) is 18.0 Å². The van der Waals surface area contributed by atoms with Crippen LogP contribution in [0.5, 0.6) is 11.5 Å². The van der Waals surface area contributed by atoms with E-state index < -0.39 is 11.7 Å². The van der Waals surface area contributed by atoms with Crippen molar-refractivity contribution in [3.8, 4) is 11.5 Å². The monoisotopic (exact) mass is 465 g/mol. The molecule has 1 amide bonds. The first-order valence-electron chi connectivity index (χ1n) is 11.4. The summed E-state index contributed by atoms with van der Waals surface area (Å²) in [6.45, 7) is 4.82. The zero-order chi connectivity index (χ0) is 24.4. The normalized spacial score (nSPS) is 12.3. The predicted octanol–water partition coefficient (Wildman–Crippen LogP) is 6.51. The van der Waals surface area contributed by atoms with E-state index in [1.807, 2.05) is 25.1 Å². The third-order valence-corrected chi connectivity index (χ3v) is 5.83. The summed E-state index contributed by atoms with van der Waals surface area (Å²) in [5.74, 6) is 1.20. The van der Waals surface area contributed by atoms with Gasteiger partial charge < -0.3 is 14.4 Å². The lowest BCUT2D eigenvalue weighted by molar-refractivity contribution is -0.138. The second kappa shape index (κ2) is 12.5. The fourth-order valence-electron chi connectivity index (χ4n) is 3.80. The smallest absolute Gasteiger partial charge is 0.416 e. The van der Waals surface area contributed by atoms with E-state index in [1.165, 1.54) is 12.1 Å². The number of unbranched alkanes of at least 4 members (excludes halogenated alkanes) is 1. The Balaban J connectivity index is 2.22. The molecule has 0 aromatic heterocycles. The van der Waals surface area contributed by atoms with Gasteiger partial charge in [-0.3, -0.25) is 4.79 Å². The van der Waals surface area contributed by atoms with Crippen LogP contribution in [-0.2, 0) is 23.9 Å². The lowest BCUT2D eigenvalue weighted by Crippen LogP contribution is -2.37. The second-order valence-electron chi connectivity index (χ2n) is 8.14. The molecule has 1 atom stereocenters. The molecule has 0 fully saturated rings. The first-order chi connectivity index (χ1) is 15.7. The van der Waals surface area contributed by atoms with E-state index in [-0.39, 0.29) is 18.4 Å². The van der Waals surface area contributed by atoms with Crippen molar-refractivity contribution in [1.82, 2.24) is 4.90 Å². The average Bonchev–Trinajstić information content (AvgIpc) is 2.81. The summed E-state index contributed by atoms with van der Waals surface area (Å²) in [6.07, 6.45) is -0.265. The molecule has 0 bridgehead atoms. The largest absolute Gasteiger partial charge is 0.493 e. The minimum atomic E-state index is -4.38. The van der Waals surface area contributed by atoms with Crippen molar-refractivity contribution in [2.24, 2.45) is 5.92 Å². The van der Waals surface area contributed by atoms with Crippen molar-refractivity contribution < 1.29 is 27.4 Å². The third kappa shape index (κ3) is 7.69. The maximum absolute atomic E-state index is 13.4. The molecule has 0 radical (unpaired) electrons. The molecule has 0 saturated carbocycles. The van der Waals surface area contributed by atoms with Crippen molar-refractivity contribution in [1.29, 1.82) is 0 Å². The molecular formula is C26H34F3NO3. The Morgan fingerprint density at radius 3 is 2.15 bits per heavy atom. The number of rotatable bonds is 12. The van der Waals surface area contributed by atoms with Crippen LogP contribution in [0.4, 0.5) is 13.2 Å². The number of benzene rings is 2. The van der Waals surface area contributed by atoms with Gasteiger partial charge in [-0.05, 0) is 54.7 Å². The molecule has 4 nitrogen and oxygen atoms in total. The molecule has 0 heterocycles. The number of nitrogens with zero attached hydrogens (tertiary/aromatic N) is 1. The zero-order valence-corrected chi connectivity index (χ0v) is 19.9. The summed E-state index contributed by atoms with van der Waals surface area (Å²) in [6, 6.07) is 10.7. The number of hydrogen-bond donors (Lipinski definition) is 0. The van der Waals surface area contributed by atoms with Crippen LogP contribution in [0.15, 0.2) is 42.5 Å². The molecule has 182 valence electrons. The van der Waals surface area contributed by atoms with Gasteiger partial charge in [0, 0.05) is 19.0 Å². The number of amides is 1. The topological polar surface area (TPSA) is 38.8 Å². The van der Waals surface area contributed by atoms with Crippen molar-refractivity contribution in [2.45, 2.75) is 58.7 Å². The quantitative estimate of drug-likeness (QED) is 0.359. The van der Waals surface area contributed by atoms with Crippen LogP contribution < -0.4 is 9.47 Å². The van der Waals surface area contributed by atoms with Gasteiger partial charge in [-0.1, -0.05) is 44.9 Å². The highest BCUT2D eigenvalue weighted by Crippen LogP contribution is 2.30. The van der Waals surface area contributed by atoms with Gasteiger partial charge in [-0.15, -0.1) is 0 Å². The van der Waals surface area contributed by atoms with Crippen LogP contribution in [-0.4, -0.2) is 31.6 Å². The van der Waals surface area contributed by atoms with Gasteiger partial charge in [0.1, 0.15) is 0 Å². The summed E-state index contributed by atoms with van der Waals surface area (Å²) in [4.78, 5) is 15.1. The van der Waals surface area contributed by atoms with Crippen LogP contribution in [0, 0.1) is 5.92 Å². The summed E-state index contributed by atoms with van der Waals surface area (Å²) in [5.41, 5.74) is 0.970. The lowest BCUT2D eigenvalue weighted by atomic mass is 9.97. The number of carbonyl (C=O) groups is 1. The van der Waals surface area contributed by atoms with Crippen LogP contribution in [0.1, 0.15) is 56.2 Å². The highest BCUT2D eigenvalue weighted by atomic mass is 19.4. The Morgan fingerprint density at radius 1 is 0.970 bits per heavy atom. The Labute approximate surface area is 194 Å². The fraction of sp³-hybridized carbons (Fsp3) is 0.500. The number of carbonyl (C=O) groups excluding carboxylic acids is 1. The average molecular weight is 466 g/mol. The van der Waals surface area contributed by atoms with Gasteiger partial charge >= 0.3 is 6.18 Å². The molecule has 2 aromatic carbocycles. The molecule has 1 unspecified atom stereocenters. The third-order valence-electron chi connectivity index (χ3n) is 5.83. The molecule has 33 heavy (non-hydrogen) atoms. The number of hydrogen-bond acceptors (Lipinski definition) is 3. The van der Waals surface area contributed by atoms with Crippen LogP contribution >= 0.6 is 0 Å². The Hall–Kier alpha value is -2.70. The van der Waals surface area contributed by atoms with Crippen LogP contribution in [0.2, 0.25) is 0 Å². The summed E-state index contributed by atoms with van der Waals surface area (Å²) < 4.78 is 49.4. The van der Waals surface area contributed by atoms with Gasteiger partial charge in [0.05, 0.1) is 19.8 Å². The number of halogens is 3. The molecule has 2 rings (SSSR count). The Kier molecular flexibility index (Phi) is 10.1. The Morgan fingerprint density at radius 2 is 1.61 bits per heavy atom. The van der Waals surface area contributed by atoms with Crippen LogP contribution in [0.3, 0.4) is 0 Å². The second-order valence-corrected chi connectivity index (χ2v) is 8.14. The molecule has 0 aliphatic carbocycles. The van der Waals surface area contributed by atoms with E-state index in [0.717, 1.165) is 43.4 Å². The van der Waals surface area contributed by atoms with Crippen molar-refractivity contribution in [3.05, 3.63) is 59.2 Å². The van der Waals surface area contributed by atoms with Gasteiger partial charge in [-0.25, -0.2) is 0 Å². The molecule has 7 heteroatoms. The Bertz CT molecular complexity index is 881. The first-order valence-corrected chi connectivity index (χ1v) is 11.4. The van der Waals surface area contributed by atoms with Crippen molar-refractivity contribution in [3.63, 3.8) is 0 Å². The molecule has 2 aromatic rings.